The minimum Gasteiger partial charge on any atom is -0.494 e. The number of nitrogens with zero attached hydrogens (tertiary/aromatic N) is 1. The molecule has 6 heteroatoms. The molecule has 122 valence electrons. The Bertz CT molecular complexity index is 691. The molecule has 0 saturated heterocycles. The molecule has 0 aliphatic heterocycles. The van der Waals surface area contributed by atoms with Gasteiger partial charge in [-0.05, 0) is 43.7 Å². The maximum atomic E-state index is 13.8. The smallest absolute Gasteiger partial charge is 0.257 e. The van der Waals surface area contributed by atoms with Gasteiger partial charge in [0.15, 0.2) is 11.6 Å². The average molecular weight is 318 g/mol. The molecule has 0 aliphatic rings. The summed E-state index contributed by atoms with van der Waals surface area (Å²) in [5, 5.41) is 2.81. The quantitative estimate of drug-likeness (QED) is 0.889. The predicted octanol–water partition coefficient (Wildman–Crippen LogP) is 3.12. The number of carbonyl (C=O) groups excluding carboxylic acids is 1. The number of hydrogen-bond donors (Lipinski definition) is 1. The number of hydrogen-bond acceptors (Lipinski definition) is 4. The number of benzene rings is 1. The van der Waals surface area contributed by atoms with E-state index in [1.165, 1.54) is 19.2 Å². The van der Waals surface area contributed by atoms with Crippen molar-refractivity contribution in [2.75, 3.05) is 13.7 Å². The second kappa shape index (κ2) is 7.58. The Morgan fingerprint density at radius 2 is 2.17 bits per heavy atom. The number of pyridine rings is 1. The van der Waals surface area contributed by atoms with Crippen LogP contribution in [0.4, 0.5) is 4.39 Å². The summed E-state index contributed by atoms with van der Waals surface area (Å²) < 4.78 is 24.0. The van der Waals surface area contributed by atoms with Crippen molar-refractivity contribution in [2.45, 2.75) is 19.9 Å². The number of rotatable bonds is 6. The Morgan fingerprint density at radius 3 is 2.83 bits per heavy atom. The van der Waals surface area contributed by atoms with E-state index in [4.69, 9.17) is 9.47 Å². The van der Waals surface area contributed by atoms with Crippen molar-refractivity contribution in [1.29, 1.82) is 0 Å². The highest BCUT2D eigenvalue weighted by molar-refractivity contribution is 5.96. The first kappa shape index (κ1) is 16.7. The molecule has 23 heavy (non-hydrogen) atoms. The largest absolute Gasteiger partial charge is 0.494 e. The highest BCUT2D eigenvalue weighted by Crippen LogP contribution is 2.22. The van der Waals surface area contributed by atoms with Gasteiger partial charge in [0.1, 0.15) is 5.56 Å². The van der Waals surface area contributed by atoms with Gasteiger partial charge in [-0.2, -0.15) is 0 Å². The Hall–Kier alpha value is -2.63. The molecule has 0 aliphatic carbocycles. The lowest BCUT2D eigenvalue weighted by molar-refractivity contribution is 0.0935. The second-order valence-corrected chi connectivity index (χ2v) is 4.88. The molecule has 2 rings (SSSR count). The van der Waals surface area contributed by atoms with Gasteiger partial charge in [-0.25, -0.2) is 9.37 Å². The minimum atomic E-state index is -0.470. The van der Waals surface area contributed by atoms with Crippen LogP contribution < -0.4 is 14.8 Å². The number of carbonyl (C=O) groups is 1. The highest BCUT2D eigenvalue weighted by atomic mass is 19.1. The molecule has 0 saturated carbocycles. The van der Waals surface area contributed by atoms with Gasteiger partial charge in [0.2, 0.25) is 5.88 Å². The molecule has 1 heterocycles. The zero-order chi connectivity index (χ0) is 16.8. The number of halogens is 1. The van der Waals surface area contributed by atoms with E-state index in [2.05, 4.69) is 10.3 Å². The topological polar surface area (TPSA) is 60.5 Å². The SMILES string of the molecule is CCOc1ncccc1C(=O)NC(C)c1ccc(OC)c(F)c1. The van der Waals surface area contributed by atoms with Crippen LogP contribution in [-0.2, 0) is 0 Å². The van der Waals surface area contributed by atoms with Gasteiger partial charge in [-0.3, -0.25) is 4.79 Å². The molecule has 1 amide bonds. The van der Waals surface area contributed by atoms with Gasteiger partial charge in [0, 0.05) is 6.20 Å². The standard InChI is InChI=1S/C17H19FN2O3/c1-4-23-17-13(6-5-9-19-17)16(21)20-11(2)12-7-8-15(22-3)14(18)10-12/h5-11H,4H2,1-3H3,(H,20,21). The van der Waals surface area contributed by atoms with Crippen LogP contribution in [0.3, 0.4) is 0 Å². The zero-order valence-corrected chi connectivity index (χ0v) is 13.3. The van der Waals surface area contributed by atoms with Crippen LogP contribution in [0.15, 0.2) is 36.5 Å². The molecule has 0 spiro atoms. The van der Waals surface area contributed by atoms with E-state index in [9.17, 15) is 9.18 Å². The summed E-state index contributed by atoms with van der Waals surface area (Å²) in [6.45, 7) is 4.01. The van der Waals surface area contributed by atoms with Crippen molar-refractivity contribution in [3.05, 3.63) is 53.5 Å². The highest BCUT2D eigenvalue weighted by Gasteiger charge is 2.17. The monoisotopic (exact) mass is 318 g/mol. The minimum absolute atomic E-state index is 0.165. The lowest BCUT2D eigenvalue weighted by Gasteiger charge is -2.16. The van der Waals surface area contributed by atoms with Gasteiger partial charge in [-0.1, -0.05) is 6.07 Å². The Balaban J connectivity index is 2.15. The second-order valence-electron chi connectivity index (χ2n) is 4.88. The summed E-state index contributed by atoms with van der Waals surface area (Å²) in [4.78, 5) is 16.4. The van der Waals surface area contributed by atoms with Crippen LogP contribution in [-0.4, -0.2) is 24.6 Å². The summed E-state index contributed by atoms with van der Waals surface area (Å²) in [7, 11) is 1.40. The van der Waals surface area contributed by atoms with Gasteiger partial charge >= 0.3 is 0 Å². The van der Waals surface area contributed by atoms with Crippen LogP contribution in [0.1, 0.15) is 35.8 Å². The summed E-state index contributed by atoms with van der Waals surface area (Å²) >= 11 is 0. The van der Waals surface area contributed by atoms with E-state index in [0.717, 1.165) is 0 Å². The van der Waals surface area contributed by atoms with Crippen LogP contribution in [0.5, 0.6) is 11.6 Å². The lowest BCUT2D eigenvalue weighted by atomic mass is 10.1. The summed E-state index contributed by atoms with van der Waals surface area (Å²) in [6.07, 6.45) is 1.56. The lowest BCUT2D eigenvalue weighted by Crippen LogP contribution is -2.27. The van der Waals surface area contributed by atoms with Crippen molar-refractivity contribution in [3.8, 4) is 11.6 Å². The normalized spacial score (nSPS) is 11.7. The first-order valence-corrected chi connectivity index (χ1v) is 7.29. The molecule has 1 unspecified atom stereocenters. The molecule has 1 aromatic heterocycles. The molecule has 0 fully saturated rings. The molecule has 0 radical (unpaired) electrons. The van der Waals surface area contributed by atoms with E-state index in [-0.39, 0.29) is 23.6 Å². The van der Waals surface area contributed by atoms with Gasteiger partial charge < -0.3 is 14.8 Å². The van der Waals surface area contributed by atoms with Gasteiger partial charge in [0.05, 0.1) is 19.8 Å². The van der Waals surface area contributed by atoms with Crippen molar-refractivity contribution < 1.29 is 18.7 Å². The van der Waals surface area contributed by atoms with Crippen molar-refractivity contribution >= 4 is 5.91 Å². The first-order valence-electron chi connectivity index (χ1n) is 7.29. The first-order chi connectivity index (χ1) is 11.1. The fourth-order valence-electron chi connectivity index (χ4n) is 2.13. The molecular weight excluding hydrogens is 299 g/mol. The zero-order valence-electron chi connectivity index (χ0n) is 13.3. The Morgan fingerprint density at radius 1 is 1.39 bits per heavy atom. The number of amides is 1. The third kappa shape index (κ3) is 3.97. The molecule has 1 aromatic carbocycles. The summed E-state index contributed by atoms with van der Waals surface area (Å²) in [5.41, 5.74) is 0.980. The van der Waals surface area contributed by atoms with Gasteiger partial charge in [0.25, 0.3) is 5.91 Å². The molecule has 2 aromatic rings. The molecule has 1 N–H and O–H groups in total. The Labute approximate surface area is 134 Å². The molecule has 1 atom stereocenters. The van der Waals surface area contributed by atoms with E-state index in [1.54, 1.807) is 31.3 Å². The maximum absolute atomic E-state index is 13.8. The number of ether oxygens (including phenoxy) is 2. The van der Waals surface area contributed by atoms with E-state index < -0.39 is 5.82 Å². The van der Waals surface area contributed by atoms with Crippen LogP contribution in [0, 0.1) is 5.82 Å². The van der Waals surface area contributed by atoms with E-state index >= 15 is 0 Å². The number of methoxy groups -OCH3 is 1. The van der Waals surface area contributed by atoms with Crippen molar-refractivity contribution in [3.63, 3.8) is 0 Å². The number of aromatic nitrogens is 1. The fraction of sp³-hybridized carbons (Fsp3) is 0.294. The third-order valence-electron chi connectivity index (χ3n) is 3.32. The summed E-state index contributed by atoms with van der Waals surface area (Å²) in [5.74, 6) is -0.355. The van der Waals surface area contributed by atoms with Crippen LogP contribution in [0.2, 0.25) is 0 Å². The average Bonchev–Trinajstić information content (AvgIpc) is 2.55. The molecule has 5 nitrogen and oxygen atoms in total. The van der Waals surface area contributed by atoms with E-state index in [0.29, 0.717) is 17.7 Å². The maximum Gasteiger partial charge on any atom is 0.257 e. The molecular formula is C17H19FN2O3. The van der Waals surface area contributed by atoms with Crippen LogP contribution in [0.25, 0.3) is 0 Å². The van der Waals surface area contributed by atoms with Crippen molar-refractivity contribution in [2.24, 2.45) is 0 Å². The number of nitrogens with one attached hydrogen (secondary N) is 1. The van der Waals surface area contributed by atoms with Crippen molar-refractivity contribution in [1.82, 2.24) is 10.3 Å². The van der Waals surface area contributed by atoms with E-state index in [1.807, 2.05) is 6.92 Å². The molecule has 0 bridgehead atoms. The third-order valence-corrected chi connectivity index (χ3v) is 3.32. The fourth-order valence-corrected chi connectivity index (χ4v) is 2.13. The van der Waals surface area contributed by atoms with Gasteiger partial charge in [-0.15, -0.1) is 0 Å². The Kier molecular flexibility index (Phi) is 5.51. The summed E-state index contributed by atoms with van der Waals surface area (Å²) in [6, 6.07) is 7.50. The van der Waals surface area contributed by atoms with Crippen LogP contribution >= 0.6 is 0 Å². The predicted molar refractivity (Wildman–Crippen MR) is 84.2 cm³/mol.